The summed E-state index contributed by atoms with van der Waals surface area (Å²) in [6.07, 6.45) is 6.83. The van der Waals surface area contributed by atoms with Crippen molar-refractivity contribution in [3.63, 3.8) is 0 Å². The van der Waals surface area contributed by atoms with Crippen LogP contribution in [0, 0.1) is 11.8 Å². The lowest BCUT2D eigenvalue weighted by molar-refractivity contribution is -0.118. The number of benzene rings is 1. The summed E-state index contributed by atoms with van der Waals surface area (Å²) in [5.74, 6) is 0.876. The Labute approximate surface area is 122 Å². The van der Waals surface area contributed by atoms with Gasteiger partial charge in [-0.2, -0.15) is 0 Å². The zero-order valence-electron chi connectivity index (χ0n) is 12.6. The molecule has 1 amide bonds. The molecule has 2 N–H and O–H groups in total. The molecule has 0 aromatic heterocycles. The van der Waals surface area contributed by atoms with Crippen LogP contribution in [-0.2, 0) is 4.79 Å². The fourth-order valence-corrected chi connectivity index (χ4v) is 2.65. The van der Waals surface area contributed by atoms with Gasteiger partial charge in [-0.25, -0.2) is 0 Å². The quantitative estimate of drug-likeness (QED) is 0.841. The van der Waals surface area contributed by atoms with E-state index in [0.717, 1.165) is 23.8 Å². The van der Waals surface area contributed by atoms with Gasteiger partial charge in [0, 0.05) is 23.8 Å². The number of nitrogens with one attached hydrogen (secondary N) is 2. The highest BCUT2D eigenvalue weighted by atomic mass is 16.1. The van der Waals surface area contributed by atoms with E-state index in [1.54, 1.807) is 0 Å². The molecule has 0 heterocycles. The van der Waals surface area contributed by atoms with Crippen LogP contribution in [0.2, 0.25) is 0 Å². The Hall–Kier alpha value is -1.51. The van der Waals surface area contributed by atoms with Crippen molar-refractivity contribution < 1.29 is 4.79 Å². The maximum absolute atomic E-state index is 11.7. The zero-order chi connectivity index (χ0) is 14.4. The van der Waals surface area contributed by atoms with Gasteiger partial charge in [-0.05, 0) is 37.0 Å². The SMILES string of the molecule is CC(C)C(=O)Nc1cccc(NCC2CCCCC2)c1. The number of rotatable bonds is 5. The molecule has 1 aliphatic rings. The van der Waals surface area contributed by atoms with Gasteiger partial charge >= 0.3 is 0 Å². The molecule has 0 aliphatic heterocycles. The van der Waals surface area contributed by atoms with Crippen LogP contribution >= 0.6 is 0 Å². The van der Waals surface area contributed by atoms with Crippen LogP contribution in [0.1, 0.15) is 46.0 Å². The summed E-state index contributed by atoms with van der Waals surface area (Å²) in [5.41, 5.74) is 1.97. The van der Waals surface area contributed by atoms with Gasteiger partial charge in [0.2, 0.25) is 5.91 Å². The molecule has 2 rings (SSSR count). The Kier molecular flexibility index (Phi) is 5.45. The molecule has 1 saturated carbocycles. The molecule has 20 heavy (non-hydrogen) atoms. The van der Waals surface area contributed by atoms with Crippen molar-refractivity contribution >= 4 is 17.3 Å². The minimum Gasteiger partial charge on any atom is -0.385 e. The van der Waals surface area contributed by atoms with E-state index in [4.69, 9.17) is 0 Å². The number of amides is 1. The highest BCUT2D eigenvalue weighted by Gasteiger charge is 2.13. The van der Waals surface area contributed by atoms with Gasteiger partial charge in [0.1, 0.15) is 0 Å². The molecule has 0 saturated heterocycles. The Morgan fingerprint density at radius 3 is 2.60 bits per heavy atom. The predicted molar refractivity (Wildman–Crippen MR) is 85.0 cm³/mol. The smallest absolute Gasteiger partial charge is 0.226 e. The van der Waals surface area contributed by atoms with Crippen molar-refractivity contribution in [1.29, 1.82) is 0 Å². The molecule has 3 nitrogen and oxygen atoms in total. The standard InChI is InChI=1S/C17H26N2O/c1-13(2)17(20)19-16-10-6-9-15(11-16)18-12-14-7-4-3-5-8-14/h6,9-11,13-14,18H,3-5,7-8,12H2,1-2H3,(H,19,20). The van der Waals surface area contributed by atoms with E-state index in [0.29, 0.717) is 0 Å². The number of anilines is 2. The predicted octanol–water partition coefficient (Wildman–Crippen LogP) is 4.27. The first-order valence-corrected chi connectivity index (χ1v) is 7.80. The fourth-order valence-electron chi connectivity index (χ4n) is 2.65. The molecule has 0 bridgehead atoms. The minimum absolute atomic E-state index is 0.00820. The summed E-state index contributed by atoms with van der Waals surface area (Å²) >= 11 is 0. The van der Waals surface area contributed by atoms with E-state index < -0.39 is 0 Å². The lowest BCUT2D eigenvalue weighted by Gasteiger charge is -2.22. The van der Waals surface area contributed by atoms with Gasteiger partial charge in [0.25, 0.3) is 0 Å². The average molecular weight is 274 g/mol. The van der Waals surface area contributed by atoms with Crippen LogP contribution < -0.4 is 10.6 Å². The van der Waals surface area contributed by atoms with Crippen molar-refractivity contribution in [3.8, 4) is 0 Å². The molecule has 1 aromatic carbocycles. The second-order valence-corrected chi connectivity index (χ2v) is 6.11. The molecule has 1 fully saturated rings. The molecule has 0 unspecified atom stereocenters. The van der Waals surface area contributed by atoms with Crippen molar-refractivity contribution in [2.45, 2.75) is 46.0 Å². The van der Waals surface area contributed by atoms with Gasteiger partial charge in [-0.3, -0.25) is 4.79 Å². The van der Waals surface area contributed by atoms with E-state index in [2.05, 4.69) is 16.7 Å². The molecule has 0 radical (unpaired) electrons. The van der Waals surface area contributed by atoms with E-state index >= 15 is 0 Å². The van der Waals surface area contributed by atoms with Crippen LogP contribution in [0.4, 0.5) is 11.4 Å². The van der Waals surface area contributed by atoms with Gasteiger partial charge < -0.3 is 10.6 Å². The maximum atomic E-state index is 11.7. The lowest BCUT2D eigenvalue weighted by atomic mass is 9.89. The first-order valence-electron chi connectivity index (χ1n) is 7.80. The summed E-state index contributed by atoms with van der Waals surface area (Å²) in [4.78, 5) is 11.7. The number of carbonyl (C=O) groups excluding carboxylic acids is 1. The third-order valence-electron chi connectivity index (χ3n) is 3.97. The molecule has 1 aromatic rings. The largest absolute Gasteiger partial charge is 0.385 e. The van der Waals surface area contributed by atoms with E-state index in [1.165, 1.54) is 32.1 Å². The van der Waals surface area contributed by atoms with Gasteiger partial charge in [-0.15, -0.1) is 0 Å². The monoisotopic (exact) mass is 274 g/mol. The topological polar surface area (TPSA) is 41.1 Å². The van der Waals surface area contributed by atoms with Crippen molar-refractivity contribution in [3.05, 3.63) is 24.3 Å². The molecule has 110 valence electrons. The van der Waals surface area contributed by atoms with Gasteiger partial charge in [-0.1, -0.05) is 39.2 Å². The number of hydrogen-bond acceptors (Lipinski definition) is 2. The van der Waals surface area contributed by atoms with Crippen LogP contribution in [0.15, 0.2) is 24.3 Å². The van der Waals surface area contributed by atoms with Gasteiger partial charge in [0.15, 0.2) is 0 Å². The van der Waals surface area contributed by atoms with Crippen molar-refractivity contribution in [1.82, 2.24) is 0 Å². The Balaban J connectivity index is 1.87. The number of carbonyl (C=O) groups is 1. The van der Waals surface area contributed by atoms with Crippen molar-refractivity contribution in [2.75, 3.05) is 17.2 Å². The second-order valence-electron chi connectivity index (χ2n) is 6.11. The number of hydrogen-bond donors (Lipinski definition) is 2. The van der Waals surface area contributed by atoms with Gasteiger partial charge in [0.05, 0.1) is 0 Å². The van der Waals surface area contributed by atoms with Crippen LogP contribution in [0.3, 0.4) is 0 Å². The fraction of sp³-hybridized carbons (Fsp3) is 0.588. The van der Waals surface area contributed by atoms with E-state index in [1.807, 2.05) is 32.0 Å². The summed E-state index contributed by atoms with van der Waals surface area (Å²) in [6.45, 7) is 4.85. The normalized spacial score (nSPS) is 16.1. The average Bonchev–Trinajstić information content (AvgIpc) is 2.46. The first-order chi connectivity index (χ1) is 9.65. The third-order valence-corrected chi connectivity index (χ3v) is 3.97. The molecule has 3 heteroatoms. The van der Waals surface area contributed by atoms with E-state index in [9.17, 15) is 4.79 Å². The Morgan fingerprint density at radius 2 is 1.90 bits per heavy atom. The summed E-state index contributed by atoms with van der Waals surface area (Å²) < 4.78 is 0. The molecule has 1 aliphatic carbocycles. The minimum atomic E-state index is 0.00820. The highest BCUT2D eigenvalue weighted by molar-refractivity contribution is 5.92. The zero-order valence-corrected chi connectivity index (χ0v) is 12.6. The van der Waals surface area contributed by atoms with Crippen LogP contribution in [0.5, 0.6) is 0 Å². The third kappa shape index (κ3) is 4.55. The lowest BCUT2D eigenvalue weighted by Crippen LogP contribution is -2.18. The molecular formula is C17H26N2O. The maximum Gasteiger partial charge on any atom is 0.226 e. The van der Waals surface area contributed by atoms with Crippen LogP contribution in [-0.4, -0.2) is 12.5 Å². The molecule has 0 spiro atoms. The second kappa shape index (κ2) is 7.32. The first kappa shape index (κ1) is 14.9. The summed E-state index contributed by atoms with van der Waals surface area (Å²) in [7, 11) is 0. The molecule has 0 atom stereocenters. The van der Waals surface area contributed by atoms with Crippen LogP contribution in [0.25, 0.3) is 0 Å². The van der Waals surface area contributed by atoms with Crippen molar-refractivity contribution in [2.24, 2.45) is 11.8 Å². The Bertz CT molecular complexity index is 436. The molecular weight excluding hydrogens is 248 g/mol. The summed E-state index contributed by atoms with van der Waals surface area (Å²) in [6, 6.07) is 8.00. The van der Waals surface area contributed by atoms with E-state index in [-0.39, 0.29) is 11.8 Å². The highest BCUT2D eigenvalue weighted by Crippen LogP contribution is 2.24. The Morgan fingerprint density at radius 1 is 1.20 bits per heavy atom. The summed E-state index contributed by atoms with van der Waals surface area (Å²) in [5, 5.41) is 6.45.